The van der Waals surface area contributed by atoms with Gasteiger partial charge in [0, 0.05) is 23.4 Å². The van der Waals surface area contributed by atoms with Crippen molar-refractivity contribution in [3.63, 3.8) is 0 Å². The predicted molar refractivity (Wildman–Crippen MR) is 79.9 cm³/mol. The molecule has 0 aliphatic rings. The molecule has 1 rings (SSSR count). The monoisotopic (exact) mass is 300 g/mol. The molecule has 0 saturated heterocycles. The molecule has 0 radical (unpaired) electrons. The maximum atomic E-state index is 11.6. The van der Waals surface area contributed by atoms with Crippen LogP contribution in [0, 0.1) is 0 Å². The Balaban J connectivity index is 2.75. The molecule has 5 nitrogen and oxygen atoms in total. The molecule has 0 spiro atoms. The van der Waals surface area contributed by atoms with Gasteiger partial charge in [0.25, 0.3) is 0 Å². The van der Waals surface area contributed by atoms with Crippen LogP contribution in [0.5, 0.6) is 0 Å². The third kappa shape index (κ3) is 5.36. The lowest BCUT2D eigenvalue weighted by Crippen LogP contribution is -2.27. The smallest absolute Gasteiger partial charge is 0.412 e. The fourth-order valence-electron chi connectivity index (χ4n) is 1.62. The highest BCUT2D eigenvalue weighted by atomic mass is 35.5. The molecule has 1 amide bonds. The van der Waals surface area contributed by atoms with Gasteiger partial charge in [0.1, 0.15) is 5.60 Å². The normalized spacial score (nSPS) is 12.9. The number of benzene rings is 1. The number of hydrogen-bond acceptors (Lipinski definition) is 4. The predicted octanol–water partition coefficient (Wildman–Crippen LogP) is 3.07. The van der Waals surface area contributed by atoms with Gasteiger partial charge in [-0.15, -0.1) is 0 Å². The van der Waals surface area contributed by atoms with Gasteiger partial charge in [-0.1, -0.05) is 17.7 Å². The van der Waals surface area contributed by atoms with E-state index in [9.17, 15) is 4.79 Å². The molecular weight excluding hydrogens is 280 g/mol. The Kier molecular flexibility index (Phi) is 5.80. The van der Waals surface area contributed by atoms with E-state index in [0.29, 0.717) is 17.1 Å². The topological polar surface area (TPSA) is 84.6 Å². The second-order valence-corrected chi connectivity index (χ2v) is 5.89. The minimum absolute atomic E-state index is 0.00456. The van der Waals surface area contributed by atoms with E-state index in [1.807, 2.05) is 0 Å². The van der Waals surface area contributed by atoms with Crippen LogP contribution in [-0.4, -0.2) is 23.4 Å². The summed E-state index contributed by atoms with van der Waals surface area (Å²) in [5.41, 5.74) is 6.59. The van der Waals surface area contributed by atoms with E-state index < -0.39 is 11.7 Å². The standard InChI is InChI=1S/C14H21ClN2O3/c1-14(2,3)20-13(19)17-9-4-5-10(11(15)8-9)12(16)6-7-18/h4-5,8,12,18H,6-7,16H2,1-3H3,(H,17,19). The summed E-state index contributed by atoms with van der Waals surface area (Å²) in [5.74, 6) is 0. The van der Waals surface area contributed by atoms with E-state index in [-0.39, 0.29) is 12.6 Å². The summed E-state index contributed by atoms with van der Waals surface area (Å²) in [6.45, 7) is 5.36. The minimum Gasteiger partial charge on any atom is -0.444 e. The molecule has 0 aliphatic carbocycles. The SMILES string of the molecule is CC(C)(C)OC(=O)Nc1ccc(C(N)CCO)c(Cl)c1. The van der Waals surface area contributed by atoms with Gasteiger partial charge in [-0.2, -0.15) is 0 Å². The Morgan fingerprint density at radius 3 is 2.65 bits per heavy atom. The van der Waals surface area contributed by atoms with Crippen LogP contribution < -0.4 is 11.1 Å². The number of aliphatic hydroxyl groups is 1. The summed E-state index contributed by atoms with van der Waals surface area (Å²) in [6.07, 6.45) is -0.112. The van der Waals surface area contributed by atoms with E-state index in [0.717, 1.165) is 5.56 Å². The number of aliphatic hydroxyl groups excluding tert-OH is 1. The average Bonchev–Trinajstić information content (AvgIpc) is 2.26. The van der Waals surface area contributed by atoms with Gasteiger partial charge in [-0.3, -0.25) is 5.32 Å². The van der Waals surface area contributed by atoms with Crippen LogP contribution in [0.15, 0.2) is 18.2 Å². The van der Waals surface area contributed by atoms with Crippen LogP contribution in [0.4, 0.5) is 10.5 Å². The Morgan fingerprint density at radius 1 is 1.50 bits per heavy atom. The molecule has 0 heterocycles. The van der Waals surface area contributed by atoms with Gasteiger partial charge in [0.2, 0.25) is 0 Å². The van der Waals surface area contributed by atoms with Crippen molar-refractivity contribution in [2.24, 2.45) is 5.73 Å². The largest absolute Gasteiger partial charge is 0.444 e. The van der Waals surface area contributed by atoms with Gasteiger partial charge in [0.05, 0.1) is 0 Å². The van der Waals surface area contributed by atoms with E-state index in [4.69, 9.17) is 27.2 Å². The molecule has 20 heavy (non-hydrogen) atoms. The molecule has 1 aromatic carbocycles. The lowest BCUT2D eigenvalue weighted by Gasteiger charge is -2.20. The molecule has 1 unspecified atom stereocenters. The van der Waals surface area contributed by atoms with E-state index >= 15 is 0 Å². The summed E-state index contributed by atoms with van der Waals surface area (Å²) in [6, 6.07) is 4.71. The van der Waals surface area contributed by atoms with Gasteiger partial charge >= 0.3 is 6.09 Å². The van der Waals surface area contributed by atoms with Crippen molar-refractivity contribution in [2.45, 2.75) is 38.8 Å². The number of nitrogens with one attached hydrogen (secondary N) is 1. The summed E-state index contributed by atoms with van der Waals surface area (Å²) in [7, 11) is 0. The van der Waals surface area contributed by atoms with Crippen LogP contribution in [-0.2, 0) is 4.74 Å². The highest BCUT2D eigenvalue weighted by Crippen LogP contribution is 2.27. The first-order valence-corrected chi connectivity index (χ1v) is 6.76. The average molecular weight is 301 g/mol. The maximum absolute atomic E-state index is 11.6. The lowest BCUT2D eigenvalue weighted by molar-refractivity contribution is 0.0636. The first-order valence-electron chi connectivity index (χ1n) is 6.39. The van der Waals surface area contributed by atoms with Gasteiger partial charge in [0.15, 0.2) is 0 Å². The van der Waals surface area contributed by atoms with Gasteiger partial charge in [-0.05, 0) is 44.9 Å². The number of hydrogen-bond donors (Lipinski definition) is 3. The first kappa shape index (κ1) is 16.8. The fraction of sp³-hybridized carbons (Fsp3) is 0.500. The van der Waals surface area contributed by atoms with Crippen molar-refractivity contribution in [2.75, 3.05) is 11.9 Å². The minimum atomic E-state index is -0.558. The molecule has 112 valence electrons. The highest BCUT2D eigenvalue weighted by molar-refractivity contribution is 6.31. The molecule has 0 saturated carbocycles. The third-order valence-electron chi connectivity index (χ3n) is 2.49. The maximum Gasteiger partial charge on any atom is 0.412 e. The summed E-state index contributed by atoms with van der Waals surface area (Å²) >= 11 is 6.12. The Labute approximate surface area is 124 Å². The first-order chi connectivity index (χ1) is 9.23. The van der Waals surface area contributed by atoms with Crippen LogP contribution in [0.3, 0.4) is 0 Å². The molecule has 0 fully saturated rings. The summed E-state index contributed by atoms with van der Waals surface area (Å²) < 4.78 is 5.15. The van der Waals surface area contributed by atoms with Crippen molar-refractivity contribution in [3.05, 3.63) is 28.8 Å². The van der Waals surface area contributed by atoms with E-state index in [2.05, 4.69) is 5.32 Å². The zero-order valence-electron chi connectivity index (χ0n) is 11.9. The van der Waals surface area contributed by atoms with Crippen LogP contribution in [0.25, 0.3) is 0 Å². The third-order valence-corrected chi connectivity index (χ3v) is 2.81. The molecule has 4 N–H and O–H groups in total. The lowest BCUT2D eigenvalue weighted by atomic mass is 10.0. The fourth-order valence-corrected chi connectivity index (χ4v) is 1.94. The van der Waals surface area contributed by atoms with Crippen molar-refractivity contribution in [3.8, 4) is 0 Å². The van der Waals surface area contributed by atoms with Crippen LogP contribution >= 0.6 is 11.6 Å². The number of carbonyl (C=O) groups is 1. The highest BCUT2D eigenvalue weighted by Gasteiger charge is 2.17. The molecule has 6 heteroatoms. The number of rotatable bonds is 4. The quantitative estimate of drug-likeness (QED) is 0.798. The van der Waals surface area contributed by atoms with Crippen molar-refractivity contribution >= 4 is 23.4 Å². The van der Waals surface area contributed by atoms with Crippen LogP contribution in [0.1, 0.15) is 38.8 Å². The number of anilines is 1. The number of carbonyl (C=O) groups excluding carboxylic acids is 1. The molecule has 0 bridgehead atoms. The van der Waals surface area contributed by atoms with Crippen LogP contribution in [0.2, 0.25) is 5.02 Å². The number of ether oxygens (including phenoxy) is 1. The molecule has 1 atom stereocenters. The Bertz CT molecular complexity index is 472. The number of halogens is 1. The van der Waals surface area contributed by atoms with Crippen molar-refractivity contribution in [1.82, 2.24) is 0 Å². The van der Waals surface area contributed by atoms with Gasteiger partial charge < -0.3 is 15.6 Å². The Hall–Kier alpha value is -1.30. The molecule has 0 aliphatic heterocycles. The Morgan fingerprint density at radius 2 is 2.15 bits per heavy atom. The van der Waals surface area contributed by atoms with Crippen molar-refractivity contribution in [1.29, 1.82) is 0 Å². The summed E-state index contributed by atoms with van der Waals surface area (Å²) in [4.78, 5) is 11.6. The molecule has 1 aromatic rings. The number of nitrogens with two attached hydrogens (primary N) is 1. The zero-order chi connectivity index (χ0) is 15.3. The zero-order valence-corrected chi connectivity index (χ0v) is 12.7. The van der Waals surface area contributed by atoms with Crippen molar-refractivity contribution < 1.29 is 14.6 Å². The van der Waals surface area contributed by atoms with Gasteiger partial charge in [-0.25, -0.2) is 4.79 Å². The van der Waals surface area contributed by atoms with E-state index in [1.54, 1.807) is 39.0 Å². The summed E-state index contributed by atoms with van der Waals surface area (Å²) in [5, 5.41) is 11.9. The second kappa shape index (κ2) is 6.92. The molecular formula is C14H21ClN2O3. The molecule has 0 aromatic heterocycles. The number of amides is 1. The second-order valence-electron chi connectivity index (χ2n) is 5.48. The van der Waals surface area contributed by atoms with E-state index in [1.165, 1.54) is 0 Å².